The Hall–Kier alpha value is -3.90. The van der Waals surface area contributed by atoms with Crippen LogP contribution < -0.4 is 20.4 Å². The number of anilines is 3. The molecule has 1 saturated heterocycles. The predicted molar refractivity (Wildman–Crippen MR) is 137 cm³/mol. The van der Waals surface area contributed by atoms with E-state index in [9.17, 15) is 9.59 Å². The zero-order chi connectivity index (χ0) is 26.1. The highest BCUT2D eigenvalue weighted by Gasteiger charge is 2.30. The highest BCUT2D eigenvalue weighted by Crippen LogP contribution is 2.38. The van der Waals surface area contributed by atoms with Crippen LogP contribution in [-0.4, -0.2) is 82.8 Å². The number of urea groups is 1. The minimum Gasteiger partial charge on any atom is -0.395 e. The molecule has 0 spiro atoms. The van der Waals surface area contributed by atoms with Crippen molar-refractivity contribution >= 4 is 40.0 Å². The summed E-state index contributed by atoms with van der Waals surface area (Å²) in [5.74, 6) is -0.350. The predicted octanol–water partition coefficient (Wildman–Crippen LogP) is 1.89. The van der Waals surface area contributed by atoms with Crippen molar-refractivity contribution in [1.82, 2.24) is 25.2 Å². The van der Waals surface area contributed by atoms with Crippen molar-refractivity contribution in [3.8, 4) is 0 Å². The molecule has 5 rings (SSSR count). The van der Waals surface area contributed by atoms with E-state index >= 15 is 4.39 Å². The van der Waals surface area contributed by atoms with Gasteiger partial charge in [0.1, 0.15) is 17.8 Å². The van der Waals surface area contributed by atoms with Crippen molar-refractivity contribution in [3.63, 3.8) is 0 Å². The van der Waals surface area contributed by atoms with Gasteiger partial charge in [-0.3, -0.25) is 14.6 Å². The van der Waals surface area contributed by atoms with Crippen molar-refractivity contribution in [2.45, 2.75) is 20.4 Å². The highest BCUT2D eigenvalue weighted by atomic mass is 19.1. The summed E-state index contributed by atoms with van der Waals surface area (Å²) in [6.45, 7) is 7.40. The number of rotatable bonds is 7. The Morgan fingerprint density at radius 2 is 2.00 bits per heavy atom. The van der Waals surface area contributed by atoms with Gasteiger partial charge in [-0.25, -0.2) is 24.1 Å². The van der Waals surface area contributed by atoms with Gasteiger partial charge >= 0.3 is 6.03 Å². The number of nitrogens with zero attached hydrogens (tertiary/aromatic N) is 6. The molecule has 0 saturated carbocycles. The van der Waals surface area contributed by atoms with Gasteiger partial charge in [0.05, 0.1) is 34.6 Å². The van der Waals surface area contributed by atoms with E-state index in [-0.39, 0.29) is 24.7 Å². The molecule has 3 aromatic rings. The Balaban J connectivity index is 1.29. The number of halogens is 1. The number of pyridine rings is 1. The number of aliphatic hydroxyl groups is 1. The molecule has 2 aromatic heterocycles. The van der Waals surface area contributed by atoms with Crippen LogP contribution in [0, 0.1) is 12.7 Å². The van der Waals surface area contributed by atoms with E-state index in [1.807, 2.05) is 19.9 Å². The number of nitrogens with one attached hydrogen (secondary N) is 2. The Morgan fingerprint density at radius 3 is 2.70 bits per heavy atom. The third kappa shape index (κ3) is 4.65. The first-order chi connectivity index (χ1) is 17.9. The fraction of sp³-hybridized carbons (Fsp3) is 0.400. The summed E-state index contributed by atoms with van der Waals surface area (Å²) in [7, 11) is 0. The SMILES string of the molecule is CCN1C(=O)Nc2c(F)c(CN3CCN(c4ccc(C(=O)NCCO)nc4C)CC3)cc3ncnc1c23. The van der Waals surface area contributed by atoms with Crippen LogP contribution >= 0.6 is 0 Å². The first-order valence-electron chi connectivity index (χ1n) is 12.3. The van der Waals surface area contributed by atoms with Crippen LogP contribution in [0.15, 0.2) is 24.5 Å². The number of carbonyl (C=O) groups excluding carboxylic acids is 2. The van der Waals surface area contributed by atoms with Gasteiger partial charge in [0, 0.05) is 51.4 Å². The van der Waals surface area contributed by atoms with Gasteiger partial charge in [-0.15, -0.1) is 0 Å². The topological polar surface area (TPSA) is 127 Å². The van der Waals surface area contributed by atoms with Crippen molar-refractivity contribution < 1.29 is 19.1 Å². The summed E-state index contributed by atoms with van der Waals surface area (Å²) in [5.41, 5.74) is 3.22. The van der Waals surface area contributed by atoms with Crippen LogP contribution in [0.5, 0.6) is 0 Å². The normalized spacial score (nSPS) is 15.7. The van der Waals surface area contributed by atoms with E-state index < -0.39 is 11.8 Å². The molecule has 194 valence electrons. The van der Waals surface area contributed by atoms with Crippen LogP contribution in [-0.2, 0) is 6.54 Å². The molecule has 4 heterocycles. The molecule has 0 radical (unpaired) electrons. The van der Waals surface area contributed by atoms with E-state index in [2.05, 4.69) is 35.4 Å². The molecular weight excluding hydrogens is 479 g/mol. The molecule has 1 fully saturated rings. The number of aliphatic hydroxyl groups excluding tert-OH is 1. The van der Waals surface area contributed by atoms with Gasteiger partial charge in [0.2, 0.25) is 0 Å². The summed E-state index contributed by atoms with van der Waals surface area (Å²) in [4.78, 5) is 43.5. The molecule has 0 bridgehead atoms. The third-order valence-electron chi connectivity index (χ3n) is 6.76. The third-order valence-corrected chi connectivity index (χ3v) is 6.76. The molecule has 12 heteroatoms. The maximum absolute atomic E-state index is 15.6. The van der Waals surface area contributed by atoms with Crippen LogP contribution in [0.25, 0.3) is 10.9 Å². The first-order valence-corrected chi connectivity index (χ1v) is 12.3. The van der Waals surface area contributed by atoms with Gasteiger partial charge in [0.15, 0.2) is 5.82 Å². The van der Waals surface area contributed by atoms with Gasteiger partial charge in [-0.1, -0.05) is 0 Å². The molecule has 1 aromatic carbocycles. The number of piperazine rings is 1. The number of aryl methyl sites for hydroxylation is 1. The minimum atomic E-state index is -0.454. The zero-order valence-electron chi connectivity index (χ0n) is 20.8. The smallest absolute Gasteiger partial charge is 0.327 e. The van der Waals surface area contributed by atoms with Gasteiger partial charge in [-0.05, 0) is 32.0 Å². The quantitative estimate of drug-likeness (QED) is 0.442. The molecule has 3 amide bonds. The van der Waals surface area contributed by atoms with Crippen LogP contribution in [0.1, 0.15) is 28.7 Å². The largest absolute Gasteiger partial charge is 0.395 e. The summed E-state index contributed by atoms with van der Waals surface area (Å²) in [5, 5.41) is 14.7. The van der Waals surface area contributed by atoms with E-state index in [1.54, 1.807) is 12.1 Å². The maximum atomic E-state index is 15.6. The number of carbonyl (C=O) groups is 2. The monoisotopic (exact) mass is 508 g/mol. The van der Waals surface area contributed by atoms with E-state index in [0.29, 0.717) is 54.2 Å². The Bertz CT molecular complexity index is 1360. The standard InChI is InChI=1S/C25H29FN8O3/c1-3-34-23-20-18(28-14-29-23)12-16(21(26)22(20)31-25(34)37)13-32-7-9-33(10-8-32)19-5-4-17(30-15(19)2)24(36)27-6-11-35/h4-5,12,14,35H,3,6-11,13H2,1-2H3,(H,27,36)(H,31,37). The lowest BCUT2D eigenvalue weighted by Crippen LogP contribution is -2.46. The fourth-order valence-electron chi connectivity index (χ4n) is 4.90. The minimum absolute atomic E-state index is 0.127. The highest BCUT2D eigenvalue weighted by molar-refractivity contribution is 6.17. The number of benzene rings is 1. The van der Waals surface area contributed by atoms with Gasteiger partial charge < -0.3 is 20.6 Å². The summed E-state index contributed by atoms with van der Waals surface area (Å²) < 4.78 is 15.6. The molecule has 3 N–H and O–H groups in total. The Kier molecular flexibility index (Phi) is 6.85. The van der Waals surface area contributed by atoms with E-state index in [0.717, 1.165) is 24.5 Å². The lowest BCUT2D eigenvalue weighted by Gasteiger charge is -2.37. The van der Waals surface area contributed by atoms with Gasteiger partial charge in [-0.2, -0.15) is 0 Å². The zero-order valence-corrected chi connectivity index (χ0v) is 20.8. The molecule has 0 unspecified atom stereocenters. The van der Waals surface area contributed by atoms with Crippen molar-refractivity contribution in [2.24, 2.45) is 0 Å². The van der Waals surface area contributed by atoms with Crippen LogP contribution in [0.3, 0.4) is 0 Å². The van der Waals surface area contributed by atoms with E-state index in [4.69, 9.17) is 5.11 Å². The molecule has 2 aliphatic heterocycles. The lowest BCUT2D eigenvalue weighted by molar-refractivity contribution is 0.0939. The van der Waals surface area contributed by atoms with Crippen molar-refractivity contribution in [1.29, 1.82) is 0 Å². The van der Waals surface area contributed by atoms with E-state index in [1.165, 1.54) is 11.2 Å². The van der Waals surface area contributed by atoms with Crippen molar-refractivity contribution in [3.05, 3.63) is 47.3 Å². The first kappa shape index (κ1) is 24.8. The summed E-state index contributed by atoms with van der Waals surface area (Å²) in [6, 6.07) is 4.91. The Labute approximate surface area is 213 Å². The molecular formula is C25H29FN8O3. The molecule has 0 atom stereocenters. The number of amides is 3. The second kappa shape index (κ2) is 10.2. The molecule has 2 aliphatic rings. The molecule has 11 nitrogen and oxygen atoms in total. The second-order valence-electron chi connectivity index (χ2n) is 9.03. The summed E-state index contributed by atoms with van der Waals surface area (Å²) >= 11 is 0. The van der Waals surface area contributed by atoms with Crippen LogP contribution in [0.2, 0.25) is 0 Å². The number of aromatic nitrogens is 3. The molecule has 37 heavy (non-hydrogen) atoms. The number of hydrogen-bond donors (Lipinski definition) is 3. The molecule has 0 aliphatic carbocycles. The van der Waals surface area contributed by atoms with Gasteiger partial charge in [0.25, 0.3) is 5.91 Å². The van der Waals surface area contributed by atoms with Crippen molar-refractivity contribution in [2.75, 3.05) is 61.0 Å². The Morgan fingerprint density at radius 1 is 1.22 bits per heavy atom. The second-order valence-corrected chi connectivity index (χ2v) is 9.03. The number of hydrogen-bond acceptors (Lipinski definition) is 8. The van der Waals surface area contributed by atoms with Crippen LogP contribution in [0.4, 0.5) is 26.4 Å². The average Bonchev–Trinajstić information content (AvgIpc) is 2.90. The summed E-state index contributed by atoms with van der Waals surface area (Å²) in [6.07, 6.45) is 1.40. The average molecular weight is 509 g/mol. The fourth-order valence-corrected chi connectivity index (χ4v) is 4.90. The lowest BCUT2D eigenvalue weighted by atomic mass is 10.1. The maximum Gasteiger partial charge on any atom is 0.327 e.